The fraction of sp³-hybridized carbons (Fsp3) is 0.500. The average molecular weight is 403 g/mol. The smallest absolute Gasteiger partial charge is 0.227 e. The van der Waals surface area contributed by atoms with Gasteiger partial charge in [0.15, 0.2) is 5.01 Å². The van der Waals surface area contributed by atoms with Gasteiger partial charge in [-0.15, -0.1) is 10.2 Å². The Bertz CT molecular complexity index is 806. The van der Waals surface area contributed by atoms with Crippen LogP contribution in [-0.4, -0.2) is 40.0 Å². The lowest BCUT2D eigenvalue weighted by atomic mass is 10.1. The van der Waals surface area contributed by atoms with Crippen LogP contribution in [0.2, 0.25) is 0 Å². The average Bonchev–Trinajstić information content (AvgIpc) is 3.16. The first kappa shape index (κ1) is 20.3. The standard InChI is InChI=1S/C20H26N4O3S/c1-3-15-7-9-16(10-8-15)27-14(2)19-22-23-20(28-19)21-17(25)11-13-24-12-5-4-6-18(24)26/h7-10,14H,3-6,11-13H2,1-2H3,(H,21,23,25). The number of ether oxygens (including phenoxy) is 1. The Kier molecular flexibility index (Phi) is 6.97. The van der Waals surface area contributed by atoms with E-state index in [1.807, 2.05) is 31.2 Å². The van der Waals surface area contributed by atoms with Crippen molar-refractivity contribution in [3.05, 3.63) is 34.8 Å². The normalized spacial score (nSPS) is 15.4. The number of hydrogen-bond acceptors (Lipinski definition) is 6. The molecule has 0 bridgehead atoms. The molecule has 0 spiro atoms. The summed E-state index contributed by atoms with van der Waals surface area (Å²) in [6.45, 7) is 5.20. The van der Waals surface area contributed by atoms with Crippen molar-refractivity contribution < 1.29 is 14.3 Å². The maximum Gasteiger partial charge on any atom is 0.227 e. The molecule has 1 aromatic carbocycles. The molecule has 8 heteroatoms. The van der Waals surface area contributed by atoms with E-state index in [0.717, 1.165) is 31.6 Å². The summed E-state index contributed by atoms with van der Waals surface area (Å²) in [7, 11) is 0. The van der Waals surface area contributed by atoms with Crippen molar-refractivity contribution in [2.24, 2.45) is 0 Å². The van der Waals surface area contributed by atoms with Gasteiger partial charge in [-0.25, -0.2) is 0 Å². The number of piperidine rings is 1. The predicted octanol–water partition coefficient (Wildman–Crippen LogP) is 3.58. The highest BCUT2D eigenvalue weighted by Crippen LogP contribution is 2.26. The molecule has 1 fully saturated rings. The van der Waals surface area contributed by atoms with Crippen LogP contribution in [0.1, 0.15) is 56.2 Å². The molecule has 1 saturated heterocycles. The number of aryl methyl sites for hydroxylation is 1. The Labute approximate surface area is 169 Å². The molecule has 0 aliphatic carbocycles. The van der Waals surface area contributed by atoms with Crippen molar-refractivity contribution >= 4 is 28.3 Å². The summed E-state index contributed by atoms with van der Waals surface area (Å²) < 4.78 is 5.91. The molecule has 2 heterocycles. The highest BCUT2D eigenvalue weighted by Gasteiger charge is 2.19. The van der Waals surface area contributed by atoms with Gasteiger partial charge in [0.1, 0.15) is 11.9 Å². The summed E-state index contributed by atoms with van der Waals surface area (Å²) in [5, 5.41) is 12.1. The van der Waals surface area contributed by atoms with E-state index in [1.54, 1.807) is 4.90 Å². The van der Waals surface area contributed by atoms with Gasteiger partial charge in [0, 0.05) is 25.9 Å². The Morgan fingerprint density at radius 1 is 1.29 bits per heavy atom. The maximum atomic E-state index is 12.2. The molecule has 1 aliphatic heterocycles. The SMILES string of the molecule is CCc1ccc(OC(C)c2nnc(NC(=O)CCN3CCCCC3=O)s2)cc1. The minimum absolute atomic E-state index is 0.134. The molecule has 0 radical (unpaired) electrons. The largest absolute Gasteiger partial charge is 0.483 e. The Balaban J connectivity index is 1.48. The lowest BCUT2D eigenvalue weighted by Gasteiger charge is -2.26. The zero-order valence-electron chi connectivity index (χ0n) is 16.3. The lowest BCUT2D eigenvalue weighted by molar-refractivity contribution is -0.133. The monoisotopic (exact) mass is 402 g/mol. The number of anilines is 1. The summed E-state index contributed by atoms with van der Waals surface area (Å²) >= 11 is 1.30. The first-order valence-electron chi connectivity index (χ1n) is 9.71. The molecule has 0 saturated carbocycles. The molecular formula is C20H26N4O3S. The molecule has 7 nitrogen and oxygen atoms in total. The van der Waals surface area contributed by atoms with Crippen LogP contribution in [0.4, 0.5) is 5.13 Å². The molecule has 28 heavy (non-hydrogen) atoms. The summed E-state index contributed by atoms with van der Waals surface area (Å²) in [5.41, 5.74) is 1.26. The molecule has 1 aliphatic rings. The number of nitrogens with one attached hydrogen (secondary N) is 1. The summed E-state index contributed by atoms with van der Waals surface area (Å²) in [5.74, 6) is 0.747. The van der Waals surface area contributed by atoms with Gasteiger partial charge >= 0.3 is 0 Å². The minimum Gasteiger partial charge on any atom is -0.483 e. The van der Waals surface area contributed by atoms with Crippen molar-refractivity contribution in [1.29, 1.82) is 0 Å². The fourth-order valence-corrected chi connectivity index (χ4v) is 3.76. The van der Waals surface area contributed by atoms with Crippen LogP contribution < -0.4 is 10.1 Å². The third-order valence-electron chi connectivity index (χ3n) is 4.71. The molecule has 2 aromatic rings. The molecule has 1 aromatic heterocycles. The van der Waals surface area contributed by atoms with E-state index >= 15 is 0 Å². The Morgan fingerprint density at radius 3 is 2.79 bits per heavy atom. The fourth-order valence-electron chi connectivity index (χ4n) is 3.02. The van der Waals surface area contributed by atoms with Gasteiger partial charge in [-0.1, -0.05) is 30.4 Å². The van der Waals surface area contributed by atoms with E-state index < -0.39 is 0 Å². The highest BCUT2D eigenvalue weighted by molar-refractivity contribution is 7.15. The number of carbonyl (C=O) groups is 2. The van der Waals surface area contributed by atoms with Crippen molar-refractivity contribution in [2.75, 3.05) is 18.4 Å². The van der Waals surface area contributed by atoms with Gasteiger partial charge in [-0.05, 0) is 43.9 Å². The highest BCUT2D eigenvalue weighted by atomic mass is 32.1. The van der Waals surface area contributed by atoms with Gasteiger partial charge < -0.3 is 15.0 Å². The van der Waals surface area contributed by atoms with Crippen LogP contribution in [0.5, 0.6) is 5.75 Å². The number of rotatable bonds is 8. The second kappa shape index (κ2) is 9.64. The number of carbonyl (C=O) groups excluding carboxylic acids is 2. The van der Waals surface area contributed by atoms with Crippen LogP contribution in [0.25, 0.3) is 0 Å². The van der Waals surface area contributed by atoms with Crippen LogP contribution >= 0.6 is 11.3 Å². The molecule has 150 valence electrons. The van der Waals surface area contributed by atoms with Crippen LogP contribution in [0.15, 0.2) is 24.3 Å². The van der Waals surface area contributed by atoms with Gasteiger partial charge in [0.25, 0.3) is 0 Å². The molecule has 3 rings (SSSR count). The van der Waals surface area contributed by atoms with Crippen molar-refractivity contribution in [3.63, 3.8) is 0 Å². The zero-order chi connectivity index (χ0) is 19.9. The second-order valence-electron chi connectivity index (χ2n) is 6.84. The number of aromatic nitrogens is 2. The lowest BCUT2D eigenvalue weighted by Crippen LogP contribution is -2.37. The zero-order valence-corrected chi connectivity index (χ0v) is 17.1. The molecule has 1 N–H and O–H groups in total. The predicted molar refractivity (Wildman–Crippen MR) is 108 cm³/mol. The number of benzene rings is 1. The minimum atomic E-state index is -0.262. The van der Waals surface area contributed by atoms with E-state index in [4.69, 9.17) is 4.74 Å². The van der Waals surface area contributed by atoms with Crippen LogP contribution in [0, 0.1) is 0 Å². The van der Waals surface area contributed by atoms with Crippen LogP contribution in [-0.2, 0) is 16.0 Å². The maximum absolute atomic E-state index is 12.2. The topological polar surface area (TPSA) is 84.4 Å². The number of nitrogens with zero attached hydrogens (tertiary/aromatic N) is 3. The number of hydrogen-bond donors (Lipinski definition) is 1. The van der Waals surface area contributed by atoms with Gasteiger partial charge in [0.2, 0.25) is 16.9 Å². The molecule has 1 unspecified atom stereocenters. The van der Waals surface area contributed by atoms with E-state index in [-0.39, 0.29) is 24.3 Å². The van der Waals surface area contributed by atoms with Gasteiger partial charge in [0.05, 0.1) is 0 Å². The van der Waals surface area contributed by atoms with Crippen LogP contribution in [0.3, 0.4) is 0 Å². The Hall–Kier alpha value is -2.48. The van der Waals surface area contributed by atoms with E-state index in [0.29, 0.717) is 23.1 Å². The second-order valence-corrected chi connectivity index (χ2v) is 7.85. The van der Waals surface area contributed by atoms with E-state index in [2.05, 4.69) is 22.4 Å². The first-order valence-corrected chi connectivity index (χ1v) is 10.5. The van der Waals surface area contributed by atoms with E-state index in [1.165, 1.54) is 16.9 Å². The first-order chi connectivity index (χ1) is 13.5. The third kappa shape index (κ3) is 5.51. The quantitative estimate of drug-likeness (QED) is 0.729. The van der Waals surface area contributed by atoms with E-state index in [9.17, 15) is 9.59 Å². The van der Waals surface area contributed by atoms with Crippen molar-refractivity contribution in [3.8, 4) is 5.75 Å². The molecule has 1 atom stereocenters. The van der Waals surface area contributed by atoms with Gasteiger partial charge in [-0.2, -0.15) is 0 Å². The summed E-state index contributed by atoms with van der Waals surface area (Å²) in [6.07, 6.45) is 3.52. The van der Waals surface area contributed by atoms with Crippen molar-refractivity contribution in [2.45, 2.75) is 52.1 Å². The summed E-state index contributed by atoms with van der Waals surface area (Å²) in [6, 6.07) is 7.98. The molecular weight excluding hydrogens is 376 g/mol. The summed E-state index contributed by atoms with van der Waals surface area (Å²) in [4.78, 5) is 25.7. The Morgan fingerprint density at radius 2 is 2.07 bits per heavy atom. The van der Waals surface area contributed by atoms with Gasteiger partial charge in [-0.3, -0.25) is 9.59 Å². The van der Waals surface area contributed by atoms with Crippen molar-refractivity contribution in [1.82, 2.24) is 15.1 Å². The number of amides is 2. The number of likely N-dealkylation sites (tertiary alicyclic amines) is 1. The molecule has 2 amide bonds. The third-order valence-corrected chi connectivity index (χ3v) is 5.71.